The highest BCUT2D eigenvalue weighted by Gasteiger charge is 2.56. The van der Waals surface area contributed by atoms with Gasteiger partial charge in [0.25, 0.3) is 0 Å². The predicted molar refractivity (Wildman–Crippen MR) is 92.6 cm³/mol. The van der Waals surface area contributed by atoms with Crippen molar-refractivity contribution in [1.29, 1.82) is 0 Å². The number of carbonyl (C=O) groups is 2. The number of rotatable bonds is 5. The van der Waals surface area contributed by atoms with E-state index in [0.29, 0.717) is 12.8 Å². The lowest BCUT2D eigenvalue weighted by Gasteiger charge is -2.28. The fourth-order valence-electron chi connectivity index (χ4n) is 3.74. The molecule has 0 saturated heterocycles. The Morgan fingerprint density at radius 1 is 1.17 bits per heavy atom. The van der Waals surface area contributed by atoms with E-state index in [1.807, 2.05) is 0 Å². The van der Waals surface area contributed by atoms with Gasteiger partial charge in [-0.15, -0.1) is 0 Å². The third-order valence-corrected chi connectivity index (χ3v) is 7.16. The highest BCUT2D eigenvalue weighted by molar-refractivity contribution is 6.83. The van der Waals surface area contributed by atoms with Gasteiger partial charge in [0, 0.05) is 0 Å². The molecule has 2 aliphatic carbocycles. The Kier molecular flexibility index (Phi) is 5.19. The predicted octanol–water partition coefficient (Wildman–Crippen LogP) is 3.64. The Bertz CT molecular complexity index is 536. The summed E-state index contributed by atoms with van der Waals surface area (Å²) in [4.78, 5) is 25.2. The molecule has 0 aromatic rings. The number of allylic oxidation sites excluding steroid dienone is 4. The van der Waals surface area contributed by atoms with E-state index in [1.54, 1.807) is 13.8 Å². The van der Waals surface area contributed by atoms with Gasteiger partial charge in [-0.1, -0.05) is 42.6 Å². The summed E-state index contributed by atoms with van der Waals surface area (Å²) in [6.45, 7) is 11.1. The fraction of sp³-hybridized carbons (Fsp3) is 0.667. The van der Waals surface area contributed by atoms with Crippen LogP contribution in [0.1, 0.15) is 33.1 Å². The van der Waals surface area contributed by atoms with Crippen molar-refractivity contribution in [2.45, 2.75) is 52.8 Å². The summed E-state index contributed by atoms with van der Waals surface area (Å²) in [5, 5.41) is 1.47. The summed E-state index contributed by atoms with van der Waals surface area (Å²) in [6, 6.07) is 0. The van der Waals surface area contributed by atoms with Crippen LogP contribution in [0.25, 0.3) is 0 Å². The van der Waals surface area contributed by atoms with E-state index in [-0.39, 0.29) is 19.1 Å². The minimum Gasteiger partial charge on any atom is -0.465 e. The molecule has 4 nitrogen and oxygen atoms in total. The molecule has 0 amide bonds. The maximum Gasteiger partial charge on any atom is 0.323 e. The lowest BCUT2D eigenvalue weighted by Crippen LogP contribution is -2.40. The van der Waals surface area contributed by atoms with Gasteiger partial charge in [-0.25, -0.2) is 0 Å². The molecule has 2 aliphatic rings. The highest BCUT2D eigenvalue weighted by atomic mass is 28.3. The monoisotopic (exact) mass is 336 g/mol. The van der Waals surface area contributed by atoms with Crippen LogP contribution in [0, 0.1) is 11.3 Å². The first-order valence-corrected chi connectivity index (χ1v) is 12.0. The molecule has 0 spiro atoms. The van der Waals surface area contributed by atoms with E-state index >= 15 is 0 Å². The second-order valence-electron chi connectivity index (χ2n) is 7.40. The SMILES string of the molecule is CCOC(=O)C1(C(=O)OCC)CC2=C([Si](C)(C)C)CC=CC2C1. The molecular weight excluding hydrogens is 308 g/mol. The van der Waals surface area contributed by atoms with E-state index in [1.165, 1.54) is 10.8 Å². The van der Waals surface area contributed by atoms with Gasteiger partial charge in [0.2, 0.25) is 0 Å². The molecule has 5 heteroatoms. The molecule has 1 unspecified atom stereocenters. The summed E-state index contributed by atoms with van der Waals surface area (Å²) in [7, 11) is -1.49. The van der Waals surface area contributed by atoms with E-state index in [2.05, 4.69) is 31.8 Å². The summed E-state index contributed by atoms with van der Waals surface area (Å²) < 4.78 is 10.5. The van der Waals surface area contributed by atoms with Crippen molar-refractivity contribution in [2.24, 2.45) is 11.3 Å². The van der Waals surface area contributed by atoms with Crippen molar-refractivity contribution < 1.29 is 19.1 Å². The van der Waals surface area contributed by atoms with Crippen LogP contribution in [0.2, 0.25) is 19.6 Å². The number of ether oxygens (including phenoxy) is 2. The zero-order valence-electron chi connectivity index (χ0n) is 14.9. The smallest absolute Gasteiger partial charge is 0.323 e. The summed E-state index contributed by atoms with van der Waals surface area (Å²) >= 11 is 0. The zero-order chi connectivity index (χ0) is 17.3. The fourth-order valence-corrected chi connectivity index (χ4v) is 5.71. The molecule has 128 valence electrons. The number of hydrogen-bond donors (Lipinski definition) is 0. The molecule has 1 fully saturated rings. The van der Waals surface area contributed by atoms with E-state index in [4.69, 9.17) is 9.47 Å². The molecule has 0 aliphatic heterocycles. The maximum absolute atomic E-state index is 12.6. The third-order valence-electron chi connectivity index (χ3n) is 4.82. The average Bonchev–Trinajstić information content (AvgIpc) is 2.87. The van der Waals surface area contributed by atoms with Crippen LogP contribution >= 0.6 is 0 Å². The summed E-state index contributed by atoms with van der Waals surface area (Å²) in [5.74, 6) is -0.688. The van der Waals surface area contributed by atoms with Gasteiger partial charge in [0.05, 0.1) is 21.3 Å². The minimum atomic E-state index is -1.49. The van der Waals surface area contributed by atoms with Gasteiger partial charge < -0.3 is 9.47 Å². The zero-order valence-corrected chi connectivity index (χ0v) is 15.9. The van der Waals surface area contributed by atoms with Crippen molar-refractivity contribution in [3.05, 3.63) is 22.9 Å². The van der Waals surface area contributed by atoms with Crippen molar-refractivity contribution >= 4 is 20.0 Å². The molecule has 0 bridgehead atoms. The van der Waals surface area contributed by atoms with Crippen molar-refractivity contribution in [3.8, 4) is 0 Å². The Morgan fingerprint density at radius 2 is 1.74 bits per heavy atom. The van der Waals surface area contributed by atoms with Crippen LogP contribution in [-0.4, -0.2) is 33.2 Å². The maximum atomic E-state index is 12.6. The first-order valence-electron chi connectivity index (χ1n) is 8.49. The van der Waals surface area contributed by atoms with E-state index in [9.17, 15) is 9.59 Å². The van der Waals surface area contributed by atoms with Gasteiger partial charge in [0.1, 0.15) is 0 Å². The number of esters is 2. The van der Waals surface area contributed by atoms with E-state index in [0.717, 1.165) is 6.42 Å². The van der Waals surface area contributed by atoms with Crippen LogP contribution in [-0.2, 0) is 19.1 Å². The molecule has 2 rings (SSSR count). The standard InChI is InChI=1S/C18H28O4Si/c1-6-21-16(19)18(17(20)22-7-2)11-13-9-8-10-15(14(13)12-18)23(3,4)5/h8-9,13H,6-7,10-12H2,1-5H3. The van der Waals surface area contributed by atoms with Crippen molar-refractivity contribution in [2.75, 3.05) is 13.2 Å². The van der Waals surface area contributed by atoms with Gasteiger partial charge >= 0.3 is 11.9 Å². The molecule has 0 aromatic carbocycles. The van der Waals surface area contributed by atoms with Gasteiger partial charge in [0.15, 0.2) is 5.41 Å². The molecule has 0 N–H and O–H groups in total. The molecule has 0 radical (unpaired) electrons. The molecule has 1 atom stereocenters. The van der Waals surface area contributed by atoms with Gasteiger partial charge in [-0.3, -0.25) is 9.59 Å². The lowest BCUT2D eigenvalue weighted by atomic mass is 9.85. The van der Waals surface area contributed by atoms with Gasteiger partial charge in [-0.05, 0) is 39.0 Å². The average molecular weight is 337 g/mol. The highest BCUT2D eigenvalue weighted by Crippen LogP contribution is 2.51. The largest absolute Gasteiger partial charge is 0.465 e. The molecule has 0 heterocycles. The number of fused-ring (bicyclic) bond motifs is 1. The van der Waals surface area contributed by atoms with Gasteiger partial charge in [-0.2, -0.15) is 0 Å². The van der Waals surface area contributed by atoms with Crippen LogP contribution in [0.15, 0.2) is 22.9 Å². The van der Waals surface area contributed by atoms with Crippen molar-refractivity contribution in [1.82, 2.24) is 0 Å². The topological polar surface area (TPSA) is 52.6 Å². The van der Waals surface area contributed by atoms with Crippen LogP contribution in [0.4, 0.5) is 0 Å². The summed E-state index contributed by atoms with van der Waals surface area (Å²) in [6.07, 6.45) is 6.22. The quantitative estimate of drug-likeness (QED) is 0.333. The number of hydrogen-bond acceptors (Lipinski definition) is 4. The molecule has 1 saturated carbocycles. The second kappa shape index (κ2) is 6.63. The first kappa shape index (κ1) is 18.0. The van der Waals surface area contributed by atoms with E-state index < -0.39 is 25.4 Å². The molecule has 23 heavy (non-hydrogen) atoms. The second-order valence-corrected chi connectivity index (χ2v) is 12.5. The van der Waals surface area contributed by atoms with Crippen LogP contribution < -0.4 is 0 Å². The third kappa shape index (κ3) is 3.30. The lowest BCUT2D eigenvalue weighted by molar-refractivity contribution is -0.171. The Balaban J connectivity index is 2.45. The normalized spacial score (nSPS) is 22.7. The number of carbonyl (C=O) groups excluding carboxylic acids is 2. The minimum absolute atomic E-state index is 0.166. The Labute approximate surface area is 139 Å². The summed E-state index contributed by atoms with van der Waals surface area (Å²) in [5.41, 5.74) is 0.124. The molecular formula is C18H28O4Si. The Morgan fingerprint density at radius 3 is 2.22 bits per heavy atom. The Hall–Kier alpha value is -1.36. The molecule has 0 aromatic heterocycles. The van der Waals surface area contributed by atoms with Crippen molar-refractivity contribution in [3.63, 3.8) is 0 Å². The van der Waals surface area contributed by atoms with Crippen LogP contribution in [0.5, 0.6) is 0 Å². The first-order chi connectivity index (χ1) is 10.8. The van der Waals surface area contributed by atoms with Crippen LogP contribution in [0.3, 0.4) is 0 Å².